The van der Waals surface area contributed by atoms with Crippen molar-refractivity contribution in [1.82, 2.24) is 10.2 Å². The summed E-state index contributed by atoms with van der Waals surface area (Å²) < 4.78 is 28.9. The highest BCUT2D eigenvalue weighted by atomic mass is 35.5. The first kappa shape index (κ1) is 31.2. The van der Waals surface area contributed by atoms with Gasteiger partial charge in [0.05, 0.1) is 10.6 Å². The summed E-state index contributed by atoms with van der Waals surface area (Å²) in [7, 11) is -4.15. The van der Waals surface area contributed by atoms with Crippen molar-refractivity contribution in [2.75, 3.05) is 17.4 Å². The molecule has 9 heteroatoms. The Morgan fingerprint density at radius 3 is 2.15 bits per heavy atom. The Morgan fingerprint density at radius 2 is 1.55 bits per heavy atom. The smallest absolute Gasteiger partial charge is 0.264 e. The van der Waals surface area contributed by atoms with Gasteiger partial charge in [0.25, 0.3) is 10.0 Å². The molecular weight excluding hydrogens is 546 g/mol. The number of anilines is 1. The molecule has 40 heavy (non-hydrogen) atoms. The number of nitrogens with one attached hydrogen (secondary N) is 1. The lowest BCUT2D eigenvalue weighted by molar-refractivity contribution is -0.139. The van der Waals surface area contributed by atoms with Crippen LogP contribution in [0.3, 0.4) is 0 Å². The Kier molecular flexibility index (Phi) is 10.4. The molecule has 1 atom stereocenters. The number of carbonyl (C=O) groups excluding carboxylic acids is 2. The number of hydrogen-bond donors (Lipinski definition) is 1. The third-order valence-electron chi connectivity index (χ3n) is 6.79. The molecule has 0 heterocycles. The second-order valence-corrected chi connectivity index (χ2v) is 12.8. The highest BCUT2D eigenvalue weighted by Crippen LogP contribution is 2.29. The fourth-order valence-electron chi connectivity index (χ4n) is 4.11. The minimum absolute atomic E-state index is 0.0516. The quantitative estimate of drug-likeness (QED) is 0.316. The van der Waals surface area contributed by atoms with E-state index in [1.807, 2.05) is 58.9 Å². The largest absolute Gasteiger partial charge is 0.354 e. The van der Waals surface area contributed by atoms with Crippen molar-refractivity contribution in [2.45, 2.75) is 59.0 Å². The van der Waals surface area contributed by atoms with Crippen molar-refractivity contribution in [3.05, 3.63) is 94.0 Å². The van der Waals surface area contributed by atoms with Crippen molar-refractivity contribution in [3.63, 3.8) is 0 Å². The number of rotatable bonds is 11. The van der Waals surface area contributed by atoms with E-state index in [1.165, 1.54) is 17.0 Å². The van der Waals surface area contributed by atoms with Gasteiger partial charge in [-0.25, -0.2) is 8.42 Å². The molecule has 0 saturated carbocycles. The number of benzene rings is 3. The predicted molar refractivity (Wildman–Crippen MR) is 161 cm³/mol. The van der Waals surface area contributed by atoms with E-state index < -0.39 is 28.5 Å². The molecule has 2 amide bonds. The van der Waals surface area contributed by atoms with Gasteiger partial charge in [-0.05, 0) is 74.6 Å². The second kappa shape index (κ2) is 13.3. The second-order valence-electron chi connectivity index (χ2n) is 10.5. The highest BCUT2D eigenvalue weighted by molar-refractivity contribution is 7.92. The molecule has 214 valence electrons. The predicted octanol–water partition coefficient (Wildman–Crippen LogP) is 5.65. The van der Waals surface area contributed by atoms with Crippen LogP contribution < -0.4 is 9.62 Å². The number of sulfonamides is 1. The van der Waals surface area contributed by atoms with E-state index in [0.29, 0.717) is 11.6 Å². The minimum atomic E-state index is -4.15. The molecule has 0 spiro atoms. The number of carbonyl (C=O) groups is 2. The van der Waals surface area contributed by atoms with Gasteiger partial charge < -0.3 is 10.2 Å². The van der Waals surface area contributed by atoms with Gasteiger partial charge in [0.2, 0.25) is 11.8 Å². The maximum Gasteiger partial charge on any atom is 0.264 e. The Morgan fingerprint density at radius 1 is 0.900 bits per heavy atom. The van der Waals surface area contributed by atoms with Gasteiger partial charge in [0.15, 0.2) is 0 Å². The molecule has 3 aromatic carbocycles. The number of nitrogens with zero attached hydrogens (tertiary/aromatic N) is 2. The van der Waals surface area contributed by atoms with E-state index >= 15 is 0 Å². The zero-order chi connectivity index (χ0) is 29.6. The summed E-state index contributed by atoms with van der Waals surface area (Å²) in [6.45, 7) is 11.4. The summed E-state index contributed by atoms with van der Waals surface area (Å²) in [4.78, 5) is 28.6. The summed E-state index contributed by atoms with van der Waals surface area (Å²) in [5.74, 6) is -0.581. The average molecular weight is 584 g/mol. The first-order valence-corrected chi connectivity index (χ1v) is 15.1. The number of halogens is 1. The highest BCUT2D eigenvalue weighted by Gasteiger charge is 2.33. The molecule has 1 N–H and O–H groups in total. The maximum absolute atomic E-state index is 14.0. The van der Waals surface area contributed by atoms with Gasteiger partial charge in [-0.2, -0.15) is 0 Å². The van der Waals surface area contributed by atoms with Crippen molar-refractivity contribution in [3.8, 4) is 0 Å². The van der Waals surface area contributed by atoms with Crippen LogP contribution in [-0.4, -0.2) is 44.3 Å². The first-order valence-electron chi connectivity index (χ1n) is 13.3. The zero-order valence-corrected chi connectivity index (χ0v) is 25.5. The third kappa shape index (κ3) is 7.64. The van der Waals surface area contributed by atoms with Crippen molar-refractivity contribution in [2.24, 2.45) is 5.92 Å². The number of aryl methyl sites for hydroxylation is 3. The third-order valence-corrected chi connectivity index (χ3v) is 8.98. The molecule has 3 aromatic rings. The molecule has 0 radical (unpaired) electrons. The van der Waals surface area contributed by atoms with Crippen LogP contribution in [0.5, 0.6) is 0 Å². The lowest BCUT2D eigenvalue weighted by Crippen LogP contribution is -2.51. The molecular formula is C31H38ClN3O4S. The number of hydrogen-bond acceptors (Lipinski definition) is 4. The lowest BCUT2D eigenvalue weighted by atomic mass is 10.1. The van der Waals surface area contributed by atoms with Gasteiger partial charge in [0, 0.05) is 18.1 Å². The molecule has 0 saturated heterocycles. The van der Waals surface area contributed by atoms with Crippen molar-refractivity contribution in [1.29, 1.82) is 0 Å². The van der Waals surface area contributed by atoms with Crippen LogP contribution in [0, 0.1) is 26.7 Å². The van der Waals surface area contributed by atoms with Crippen molar-refractivity contribution < 1.29 is 18.0 Å². The van der Waals surface area contributed by atoms with Crippen molar-refractivity contribution >= 4 is 39.1 Å². The average Bonchev–Trinajstić information content (AvgIpc) is 2.91. The minimum Gasteiger partial charge on any atom is -0.354 e. The van der Waals surface area contributed by atoms with Gasteiger partial charge in [-0.3, -0.25) is 13.9 Å². The summed E-state index contributed by atoms with van der Waals surface area (Å²) in [5, 5.41) is 3.28. The molecule has 0 unspecified atom stereocenters. The fourth-order valence-corrected chi connectivity index (χ4v) is 5.69. The fraction of sp³-hybridized carbons (Fsp3) is 0.355. The van der Waals surface area contributed by atoms with E-state index in [0.717, 1.165) is 26.6 Å². The van der Waals surface area contributed by atoms with Crippen LogP contribution in [0.4, 0.5) is 5.69 Å². The molecule has 7 nitrogen and oxygen atoms in total. The van der Waals surface area contributed by atoms with Gasteiger partial charge in [-0.15, -0.1) is 0 Å². The molecule has 0 fully saturated rings. The maximum atomic E-state index is 14.0. The van der Waals surface area contributed by atoms with Crippen LogP contribution in [-0.2, 0) is 26.2 Å². The Hall–Kier alpha value is -3.36. The molecule has 0 aliphatic rings. The van der Waals surface area contributed by atoms with E-state index in [9.17, 15) is 18.0 Å². The molecule has 0 bridgehead atoms. The van der Waals surface area contributed by atoms with E-state index in [-0.39, 0.29) is 29.0 Å². The Balaban J connectivity index is 2.05. The van der Waals surface area contributed by atoms with E-state index in [4.69, 9.17) is 11.6 Å². The van der Waals surface area contributed by atoms with Crippen LogP contribution in [0.15, 0.2) is 71.6 Å². The summed E-state index contributed by atoms with van der Waals surface area (Å²) in [6.07, 6.45) is 0. The number of amides is 2. The van der Waals surface area contributed by atoms with Gasteiger partial charge in [-0.1, -0.05) is 73.5 Å². The van der Waals surface area contributed by atoms with Crippen LogP contribution in [0.2, 0.25) is 5.02 Å². The summed E-state index contributed by atoms with van der Waals surface area (Å²) in [6, 6.07) is 18.1. The zero-order valence-electron chi connectivity index (χ0n) is 23.9. The lowest BCUT2D eigenvalue weighted by Gasteiger charge is -2.32. The van der Waals surface area contributed by atoms with Crippen LogP contribution in [0.25, 0.3) is 0 Å². The van der Waals surface area contributed by atoms with Crippen LogP contribution in [0.1, 0.15) is 43.0 Å². The summed E-state index contributed by atoms with van der Waals surface area (Å²) >= 11 is 6.38. The topological polar surface area (TPSA) is 86.8 Å². The SMILES string of the molecule is Cc1ccc(S(=O)(=O)N(CC(=O)N(Cc2ccccc2C)[C@@H](C)C(=O)NCC(C)C)c2ccc(C)c(Cl)c2)cc1. The normalized spacial score (nSPS) is 12.2. The first-order chi connectivity index (χ1) is 18.8. The molecule has 3 rings (SSSR count). The van der Waals surface area contributed by atoms with Gasteiger partial charge in [0.1, 0.15) is 12.6 Å². The van der Waals surface area contributed by atoms with E-state index in [1.54, 1.807) is 37.3 Å². The van der Waals surface area contributed by atoms with E-state index in [2.05, 4.69) is 5.32 Å². The summed E-state index contributed by atoms with van der Waals surface area (Å²) in [5.41, 5.74) is 3.78. The monoisotopic (exact) mass is 583 g/mol. The molecule has 0 aromatic heterocycles. The standard InChI is InChI=1S/C31H38ClN3O4S/c1-21(2)18-33-31(37)25(6)34(19-26-10-8-7-9-23(26)4)30(36)20-35(27-14-13-24(5)29(32)17-27)40(38,39)28-15-11-22(3)12-16-28/h7-17,21,25H,18-20H2,1-6H3,(H,33,37)/t25-/m0/s1. The Bertz CT molecular complexity index is 1460. The molecule has 0 aliphatic carbocycles. The molecule has 0 aliphatic heterocycles. The Labute approximate surface area is 243 Å². The van der Waals surface area contributed by atoms with Crippen LogP contribution >= 0.6 is 11.6 Å². The van der Waals surface area contributed by atoms with Gasteiger partial charge >= 0.3 is 0 Å².